The number of rotatable bonds is 5. The highest BCUT2D eigenvalue weighted by molar-refractivity contribution is 5.92. The third-order valence-electron chi connectivity index (χ3n) is 4.86. The van der Waals surface area contributed by atoms with Gasteiger partial charge in [0.15, 0.2) is 0 Å². The first kappa shape index (κ1) is 16.7. The summed E-state index contributed by atoms with van der Waals surface area (Å²) in [5.74, 6) is 1.02. The van der Waals surface area contributed by atoms with Crippen LogP contribution in [0.3, 0.4) is 0 Å². The van der Waals surface area contributed by atoms with E-state index in [-0.39, 0.29) is 23.8 Å². The van der Waals surface area contributed by atoms with Gasteiger partial charge in [0.25, 0.3) is 0 Å². The Morgan fingerprint density at radius 2 is 2.00 bits per heavy atom. The smallest absolute Gasteiger partial charge is 0.227 e. The van der Waals surface area contributed by atoms with Gasteiger partial charge < -0.3 is 15.0 Å². The molecule has 1 saturated heterocycles. The van der Waals surface area contributed by atoms with Crippen molar-refractivity contribution in [2.75, 3.05) is 18.4 Å². The van der Waals surface area contributed by atoms with Crippen LogP contribution in [0.5, 0.6) is 5.88 Å². The van der Waals surface area contributed by atoms with Gasteiger partial charge in [0.2, 0.25) is 17.7 Å². The fourth-order valence-corrected chi connectivity index (χ4v) is 3.06. The Labute approximate surface area is 142 Å². The van der Waals surface area contributed by atoms with Crippen LogP contribution < -0.4 is 10.1 Å². The van der Waals surface area contributed by atoms with E-state index in [0.717, 1.165) is 45.2 Å². The topological polar surface area (TPSA) is 71.5 Å². The number of nitrogens with zero attached hydrogens (tertiary/aromatic N) is 2. The molecule has 6 nitrogen and oxygen atoms in total. The van der Waals surface area contributed by atoms with E-state index in [1.807, 2.05) is 17.9 Å². The first-order valence-electron chi connectivity index (χ1n) is 8.87. The Hall–Kier alpha value is -2.11. The number of aromatic nitrogens is 1. The molecular formula is C18H25N3O3. The first-order valence-corrected chi connectivity index (χ1v) is 8.87. The molecule has 0 bridgehead atoms. The number of nitrogens with one attached hydrogen (secondary N) is 1. The van der Waals surface area contributed by atoms with Gasteiger partial charge in [-0.25, -0.2) is 4.98 Å². The fourth-order valence-electron chi connectivity index (χ4n) is 3.06. The van der Waals surface area contributed by atoms with Gasteiger partial charge in [-0.2, -0.15) is 0 Å². The number of carbonyl (C=O) groups excluding carboxylic acids is 2. The van der Waals surface area contributed by atoms with Gasteiger partial charge in [0.1, 0.15) is 6.10 Å². The Morgan fingerprint density at radius 1 is 1.25 bits per heavy atom. The Bertz CT molecular complexity index is 576. The molecule has 130 valence electrons. The highest BCUT2D eigenvalue weighted by Gasteiger charge is 2.25. The molecule has 2 heterocycles. The molecule has 1 N–H and O–H groups in total. The van der Waals surface area contributed by atoms with Gasteiger partial charge in [0.05, 0.1) is 11.9 Å². The minimum Gasteiger partial charge on any atom is -0.474 e. The monoisotopic (exact) mass is 331 g/mol. The maximum Gasteiger partial charge on any atom is 0.227 e. The Kier molecular flexibility index (Phi) is 5.33. The zero-order chi connectivity index (χ0) is 16.9. The van der Waals surface area contributed by atoms with Crippen molar-refractivity contribution in [3.05, 3.63) is 18.3 Å². The lowest BCUT2D eigenvalue weighted by molar-refractivity contribution is -0.132. The summed E-state index contributed by atoms with van der Waals surface area (Å²) in [4.78, 5) is 29.8. The summed E-state index contributed by atoms with van der Waals surface area (Å²) in [5, 5.41) is 2.90. The lowest BCUT2D eigenvalue weighted by Gasteiger charge is -2.31. The van der Waals surface area contributed by atoms with E-state index in [9.17, 15) is 9.59 Å². The summed E-state index contributed by atoms with van der Waals surface area (Å²) in [7, 11) is 0. The van der Waals surface area contributed by atoms with Gasteiger partial charge in [-0.1, -0.05) is 13.3 Å². The van der Waals surface area contributed by atoms with Crippen molar-refractivity contribution in [1.29, 1.82) is 0 Å². The van der Waals surface area contributed by atoms with E-state index in [0.29, 0.717) is 18.0 Å². The summed E-state index contributed by atoms with van der Waals surface area (Å²) in [5.41, 5.74) is 0.711. The van der Waals surface area contributed by atoms with Crippen molar-refractivity contribution in [2.24, 2.45) is 5.92 Å². The number of amides is 2. The van der Waals surface area contributed by atoms with Crippen LogP contribution in [-0.4, -0.2) is 40.9 Å². The zero-order valence-corrected chi connectivity index (χ0v) is 14.2. The minimum atomic E-state index is 0.0877. The highest BCUT2D eigenvalue weighted by atomic mass is 16.5. The third kappa shape index (κ3) is 4.04. The van der Waals surface area contributed by atoms with E-state index < -0.39 is 0 Å². The summed E-state index contributed by atoms with van der Waals surface area (Å²) in [6.45, 7) is 3.37. The van der Waals surface area contributed by atoms with E-state index >= 15 is 0 Å². The maximum absolute atomic E-state index is 11.9. The van der Waals surface area contributed by atoms with E-state index in [4.69, 9.17) is 4.74 Å². The molecule has 6 heteroatoms. The molecule has 0 radical (unpaired) electrons. The van der Waals surface area contributed by atoms with Gasteiger partial charge in [-0.05, 0) is 18.9 Å². The lowest BCUT2D eigenvalue weighted by atomic mass is 9.85. The number of hydrogen-bond acceptors (Lipinski definition) is 4. The van der Waals surface area contributed by atoms with Crippen LogP contribution in [0, 0.1) is 5.92 Å². The van der Waals surface area contributed by atoms with Crippen molar-refractivity contribution in [3.8, 4) is 5.88 Å². The molecule has 0 spiro atoms. The SMILES string of the molecule is CCC(=O)N1CCC(Oc2ccc(NC(=O)C3CCC3)cn2)CC1. The van der Waals surface area contributed by atoms with E-state index in [1.165, 1.54) is 0 Å². The molecule has 1 aromatic heterocycles. The predicted molar refractivity (Wildman–Crippen MR) is 90.7 cm³/mol. The van der Waals surface area contributed by atoms with Crippen molar-refractivity contribution in [1.82, 2.24) is 9.88 Å². The van der Waals surface area contributed by atoms with Gasteiger partial charge >= 0.3 is 0 Å². The summed E-state index contributed by atoms with van der Waals surface area (Å²) in [6, 6.07) is 3.62. The highest BCUT2D eigenvalue weighted by Crippen LogP contribution is 2.27. The second-order valence-corrected chi connectivity index (χ2v) is 6.55. The largest absolute Gasteiger partial charge is 0.474 e. The number of hydrogen-bond donors (Lipinski definition) is 1. The number of carbonyl (C=O) groups is 2. The summed E-state index contributed by atoms with van der Waals surface area (Å²) in [6.07, 6.45) is 7.06. The van der Waals surface area contributed by atoms with Crippen LogP contribution in [0.4, 0.5) is 5.69 Å². The molecule has 0 atom stereocenters. The minimum absolute atomic E-state index is 0.0877. The number of piperidine rings is 1. The zero-order valence-electron chi connectivity index (χ0n) is 14.2. The maximum atomic E-state index is 11.9. The van der Waals surface area contributed by atoms with Crippen molar-refractivity contribution in [3.63, 3.8) is 0 Å². The van der Waals surface area contributed by atoms with Crippen LogP contribution >= 0.6 is 0 Å². The van der Waals surface area contributed by atoms with E-state index in [2.05, 4.69) is 10.3 Å². The summed E-state index contributed by atoms with van der Waals surface area (Å²) >= 11 is 0. The second-order valence-electron chi connectivity index (χ2n) is 6.55. The van der Waals surface area contributed by atoms with Crippen molar-refractivity contribution >= 4 is 17.5 Å². The van der Waals surface area contributed by atoms with Gasteiger partial charge in [-0.3, -0.25) is 9.59 Å². The number of anilines is 1. The molecule has 2 amide bonds. The van der Waals surface area contributed by atoms with Crippen LogP contribution in [-0.2, 0) is 9.59 Å². The van der Waals surface area contributed by atoms with Gasteiger partial charge in [0, 0.05) is 44.3 Å². The van der Waals surface area contributed by atoms with Crippen LogP contribution in [0.1, 0.15) is 45.4 Å². The number of ether oxygens (including phenoxy) is 1. The van der Waals surface area contributed by atoms with Crippen LogP contribution in [0.2, 0.25) is 0 Å². The number of likely N-dealkylation sites (tertiary alicyclic amines) is 1. The second kappa shape index (κ2) is 7.64. The molecule has 1 aliphatic heterocycles. The van der Waals surface area contributed by atoms with Crippen molar-refractivity contribution in [2.45, 2.75) is 51.6 Å². The molecule has 2 aliphatic rings. The molecule has 1 aliphatic carbocycles. The average molecular weight is 331 g/mol. The molecule has 1 aromatic rings. The van der Waals surface area contributed by atoms with Gasteiger partial charge in [-0.15, -0.1) is 0 Å². The fraction of sp³-hybridized carbons (Fsp3) is 0.611. The molecule has 24 heavy (non-hydrogen) atoms. The van der Waals surface area contributed by atoms with Crippen LogP contribution in [0.25, 0.3) is 0 Å². The number of pyridine rings is 1. The Morgan fingerprint density at radius 3 is 2.54 bits per heavy atom. The average Bonchev–Trinajstić information content (AvgIpc) is 2.55. The van der Waals surface area contributed by atoms with Crippen LogP contribution in [0.15, 0.2) is 18.3 Å². The normalized spacial score (nSPS) is 18.8. The predicted octanol–water partition coefficient (Wildman–Crippen LogP) is 2.60. The first-order chi connectivity index (χ1) is 11.7. The molecule has 1 saturated carbocycles. The quantitative estimate of drug-likeness (QED) is 0.900. The molecule has 0 unspecified atom stereocenters. The molecule has 3 rings (SSSR count). The standard InChI is InChI=1S/C18H25N3O3/c1-2-17(22)21-10-8-15(9-11-21)24-16-7-6-14(12-19-16)20-18(23)13-4-3-5-13/h6-7,12-13,15H,2-5,8-11H2,1H3,(H,20,23). The molecule has 2 fully saturated rings. The van der Waals surface area contributed by atoms with Crippen molar-refractivity contribution < 1.29 is 14.3 Å². The molecular weight excluding hydrogens is 306 g/mol. The molecule has 0 aromatic carbocycles. The lowest BCUT2D eigenvalue weighted by Crippen LogP contribution is -2.41. The summed E-state index contributed by atoms with van der Waals surface area (Å²) < 4.78 is 5.89. The third-order valence-corrected chi connectivity index (χ3v) is 4.86. The Balaban J connectivity index is 1.46. The van der Waals surface area contributed by atoms with E-state index in [1.54, 1.807) is 12.3 Å².